The van der Waals surface area contributed by atoms with Crippen LogP contribution in [-0.2, 0) is 16.8 Å². The third-order valence-electron chi connectivity index (χ3n) is 4.17. The minimum atomic E-state index is -1.04. The largest absolute Gasteiger partial charge is 0.480 e. The number of aryl methyl sites for hydroxylation is 1. The first-order chi connectivity index (χ1) is 9.97. The molecule has 1 aromatic carbocycles. The zero-order chi connectivity index (χ0) is 15.9. The molecule has 0 spiro atoms. The standard InChI is InChI=1S/C17H28N2O2/c1-5-14-8-10-15(11-9-14)17(4,16(20)21)18-12-13-19(6-2)7-3/h8-11,18H,5-7,12-13H2,1-4H3,(H,20,21). The van der Waals surface area contributed by atoms with E-state index < -0.39 is 11.5 Å². The number of likely N-dealkylation sites (N-methyl/N-ethyl adjacent to an activating group) is 1. The van der Waals surface area contributed by atoms with Crippen molar-refractivity contribution in [1.82, 2.24) is 10.2 Å². The summed E-state index contributed by atoms with van der Waals surface area (Å²) in [6.45, 7) is 11.5. The van der Waals surface area contributed by atoms with Crippen molar-refractivity contribution in [1.29, 1.82) is 0 Å². The molecule has 0 aromatic heterocycles. The number of hydrogen-bond acceptors (Lipinski definition) is 3. The molecule has 4 nitrogen and oxygen atoms in total. The second-order valence-corrected chi connectivity index (χ2v) is 5.43. The van der Waals surface area contributed by atoms with Gasteiger partial charge in [0.25, 0.3) is 0 Å². The molecule has 0 fully saturated rings. The third-order valence-corrected chi connectivity index (χ3v) is 4.17. The quantitative estimate of drug-likeness (QED) is 0.734. The third kappa shape index (κ3) is 4.55. The average Bonchev–Trinajstić information content (AvgIpc) is 2.51. The molecule has 0 radical (unpaired) electrons. The molecule has 0 saturated carbocycles. The number of aliphatic carboxylic acids is 1. The lowest BCUT2D eigenvalue weighted by Crippen LogP contribution is -2.49. The normalized spacial score (nSPS) is 14.1. The summed E-state index contributed by atoms with van der Waals surface area (Å²) in [5, 5.41) is 12.8. The molecule has 1 rings (SSSR count). The van der Waals surface area contributed by atoms with Gasteiger partial charge in [-0.05, 0) is 37.6 Å². The molecule has 1 aromatic rings. The molecule has 0 aliphatic rings. The van der Waals surface area contributed by atoms with Gasteiger partial charge in [-0.25, -0.2) is 4.79 Å². The van der Waals surface area contributed by atoms with Crippen molar-refractivity contribution in [2.24, 2.45) is 0 Å². The van der Waals surface area contributed by atoms with Crippen molar-refractivity contribution in [2.75, 3.05) is 26.2 Å². The number of rotatable bonds is 9. The number of benzene rings is 1. The number of nitrogens with one attached hydrogen (secondary N) is 1. The number of hydrogen-bond donors (Lipinski definition) is 2. The van der Waals surface area contributed by atoms with E-state index in [2.05, 4.69) is 31.0 Å². The molecule has 4 heteroatoms. The lowest BCUT2D eigenvalue weighted by Gasteiger charge is -2.28. The van der Waals surface area contributed by atoms with Crippen LogP contribution in [0.5, 0.6) is 0 Å². The smallest absolute Gasteiger partial charge is 0.328 e. The molecule has 0 aliphatic carbocycles. The number of nitrogens with zero attached hydrogens (tertiary/aromatic N) is 1. The van der Waals surface area contributed by atoms with Crippen molar-refractivity contribution in [2.45, 2.75) is 39.7 Å². The van der Waals surface area contributed by atoms with Crippen LogP contribution in [0, 0.1) is 0 Å². The van der Waals surface area contributed by atoms with Gasteiger partial charge in [-0.2, -0.15) is 0 Å². The highest BCUT2D eigenvalue weighted by atomic mass is 16.4. The fourth-order valence-corrected chi connectivity index (χ4v) is 2.38. The fourth-order valence-electron chi connectivity index (χ4n) is 2.38. The Morgan fingerprint density at radius 3 is 2.19 bits per heavy atom. The topological polar surface area (TPSA) is 52.6 Å². The summed E-state index contributed by atoms with van der Waals surface area (Å²) in [6.07, 6.45) is 0.958. The Kier molecular flexibility index (Phi) is 6.85. The Morgan fingerprint density at radius 1 is 1.19 bits per heavy atom. The van der Waals surface area contributed by atoms with Crippen molar-refractivity contribution in [3.05, 3.63) is 35.4 Å². The molecule has 0 amide bonds. The van der Waals surface area contributed by atoms with E-state index in [1.54, 1.807) is 6.92 Å². The molecule has 0 heterocycles. The van der Waals surface area contributed by atoms with Crippen LogP contribution in [0.15, 0.2) is 24.3 Å². The molecule has 0 bridgehead atoms. The number of carbonyl (C=O) groups is 1. The van der Waals surface area contributed by atoms with Gasteiger partial charge in [0.2, 0.25) is 0 Å². The summed E-state index contributed by atoms with van der Waals surface area (Å²) in [7, 11) is 0. The first kappa shape index (κ1) is 17.7. The van der Waals surface area contributed by atoms with Crippen LogP contribution in [-0.4, -0.2) is 42.2 Å². The molecule has 21 heavy (non-hydrogen) atoms. The Morgan fingerprint density at radius 2 is 1.76 bits per heavy atom. The summed E-state index contributed by atoms with van der Waals surface area (Å²) < 4.78 is 0. The predicted molar refractivity (Wildman–Crippen MR) is 86.6 cm³/mol. The van der Waals surface area contributed by atoms with E-state index in [4.69, 9.17) is 0 Å². The predicted octanol–water partition coefficient (Wildman–Crippen LogP) is 2.48. The number of carboxylic acids is 1. The summed E-state index contributed by atoms with van der Waals surface area (Å²) in [5.41, 5.74) is 0.973. The maximum atomic E-state index is 11.7. The molecule has 0 saturated heterocycles. The molecule has 2 N–H and O–H groups in total. The Hall–Kier alpha value is -1.39. The maximum absolute atomic E-state index is 11.7. The van der Waals surface area contributed by atoms with Gasteiger partial charge < -0.3 is 10.0 Å². The van der Waals surface area contributed by atoms with E-state index in [0.717, 1.165) is 31.6 Å². The number of carboxylic acid groups (broad SMARTS) is 1. The van der Waals surface area contributed by atoms with E-state index in [-0.39, 0.29) is 0 Å². The first-order valence-electron chi connectivity index (χ1n) is 7.78. The second-order valence-electron chi connectivity index (χ2n) is 5.43. The van der Waals surface area contributed by atoms with Crippen LogP contribution < -0.4 is 5.32 Å². The SMILES string of the molecule is CCc1ccc(C(C)(NCCN(CC)CC)C(=O)O)cc1. The van der Waals surface area contributed by atoms with Gasteiger partial charge >= 0.3 is 5.97 Å². The molecule has 0 aliphatic heterocycles. The van der Waals surface area contributed by atoms with Gasteiger partial charge in [-0.3, -0.25) is 5.32 Å². The minimum Gasteiger partial charge on any atom is -0.480 e. The molecule has 1 unspecified atom stereocenters. The van der Waals surface area contributed by atoms with Crippen LogP contribution in [0.1, 0.15) is 38.8 Å². The maximum Gasteiger partial charge on any atom is 0.328 e. The van der Waals surface area contributed by atoms with Crippen LogP contribution in [0.3, 0.4) is 0 Å². The molecule has 1 atom stereocenters. The summed E-state index contributed by atoms with van der Waals surface area (Å²) in [4.78, 5) is 14.0. The summed E-state index contributed by atoms with van der Waals surface area (Å²) in [5.74, 6) is -0.841. The van der Waals surface area contributed by atoms with E-state index in [9.17, 15) is 9.90 Å². The fraction of sp³-hybridized carbons (Fsp3) is 0.588. The van der Waals surface area contributed by atoms with Crippen LogP contribution in [0.2, 0.25) is 0 Å². The zero-order valence-corrected chi connectivity index (χ0v) is 13.6. The van der Waals surface area contributed by atoms with Gasteiger partial charge in [0.05, 0.1) is 0 Å². The Labute approximate surface area is 128 Å². The van der Waals surface area contributed by atoms with E-state index >= 15 is 0 Å². The van der Waals surface area contributed by atoms with Crippen molar-refractivity contribution >= 4 is 5.97 Å². The van der Waals surface area contributed by atoms with Gasteiger partial charge in [0.15, 0.2) is 0 Å². The van der Waals surface area contributed by atoms with Gasteiger partial charge in [0, 0.05) is 13.1 Å². The first-order valence-corrected chi connectivity index (χ1v) is 7.78. The monoisotopic (exact) mass is 292 g/mol. The van der Waals surface area contributed by atoms with E-state index in [0.29, 0.717) is 6.54 Å². The lowest BCUT2D eigenvalue weighted by atomic mass is 9.91. The van der Waals surface area contributed by atoms with Crippen molar-refractivity contribution in [3.63, 3.8) is 0 Å². The van der Waals surface area contributed by atoms with Crippen LogP contribution in [0.25, 0.3) is 0 Å². The van der Waals surface area contributed by atoms with Gasteiger partial charge in [-0.15, -0.1) is 0 Å². The van der Waals surface area contributed by atoms with Crippen molar-refractivity contribution in [3.8, 4) is 0 Å². The van der Waals surface area contributed by atoms with Crippen LogP contribution in [0.4, 0.5) is 0 Å². The van der Waals surface area contributed by atoms with Crippen molar-refractivity contribution < 1.29 is 9.90 Å². The van der Waals surface area contributed by atoms with E-state index in [1.165, 1.54) is 5.56 Å². The zero-order valence-electron chi connectivity index (χ0n) is 13.6. The lowest BCUT2D eigenvalue weighted by molar-refractivity contribution is -0.144. The summed E-state index contributed by atoms with van der Waals surface area (Å²) >= 11 is 0. The highest BCUT2D eigenvalue weighted by molar-refractivity contribution is 5.80. The van der Waals surface area contributed by atoms with Crippen LogP contribution >= 0.6 is 0 Å². The summed E-state index contributed by atoms with van der Waals surface area (Å²) in [6, 6.07) is 7.83. The molecular formula is C17H28N2O2. The Bertz CT molecular complexity index is 441. The van der Waals surface area contributed by atoms with Gasteiger partial charge in [0.1, 0.15) is 5.54 Å². The highest BCUT2D eigenvalue weighted by Crippen LogP contribution is 2.21. The van der Waals surface area contributed by atoms with E-state index in [1.807, 2.05) is 24.3 Å². The average molecular weight is 292 g/mol. The second kappa shape index (κ2) is 8.15. The molecular weight excluding hydrogens is 264 g/mol. The minimum absolute atomic E-state index is 0.653. The highest BCUT2D eigenvalue weighted by Gasteiger charge is 2.34. The Balaban J connectivity index is 2.79. The van der Waals surface area contributed by atoms with Gasteiger partial charge in [-0.1, -0.05) is 45.0 Å². The molecule has 118 valence electrons.